The second-order valence-corrected chi connectivity index (χ2v) is 8.19. The molecule has 0 amide bonds. The van der Waals surface area contributed by atoms with Crippen LogP contribution in [0.1, 0.15) is 31.2 Å². The third-order valence-electron chi connectivity index (χ3n) is 4.77. The van der Waals surface area contributed by atoms with E-state index >= 15 is 0 Å². The zero-order chi connectivity index (χ0) is 15.0. The highest BCUT2D eigenvalue weighted by Crippen LogP contribution is 2.48. The molecular weight excluding hydrogens is 308 g/mol. The molecule has 3 atom stereocenters. The van der Waals surface area contributed by atoms with Crippen LogP contribution in [0.4, 0.5) is 0 Å². The smallest absolute Gasteiger partial charge is 0.211 e. The van der Waals surface area contributed by atoms with Crippen molar-refractivity contribution in [3.63, 3.8) is 0 Å². The van der Waals surface area contributed by atoms with Crippen molar-refractivity contribution in [3.8, 4) is 6.07 Å². The third kappa shape index (κ3) is 2.94. The fourth-order valence-electron chi connectivity index (χ4n) is 3.71. The predicted octanol–water partition coefficient (Wildman–Crippen LogP) is 2.93. The number of hydrogen-bond donors (Lipinski definition) is 1. The van der Waals surface area contributed by atoms with Gasteiger partial charge < -0.3 is 0 Å². The summed E-state index contributed by atoms with van der Waals surface area (Å²) in [6.07, 6.45) is 4.92. The highest BCUT2D eigenvalue weighted by Gasteiger charge is 2.39. The highest BCUT2D eigenvalue weighted by molar-refractivity contribution is 7.89. The molecule has 21 heavy (non-hydrogen) atoms. The second-order valence-electron chi connectivity index (χ2n) is 6.04. The van der Waals surface area contributed by atoms with Gasteiger partial charge in [0.25, 0.3) is 0 Å². The Bertz CT molecular complexity index is 696. The van der Waals surface area contributed by atoms with Crippen LogP contribution >= 0.6 is 11.6 Å². The van der Waals surface area contributed by atoms with E-state index in [0.29, 0.717) is 23.9 Å². The molecule has 0 spiro atoms. The SMILES string of the molecule is N#Cc1ccc(S(=O)(=O)NCC2CC3CCC2C3)c(Cl)c1. The van der Waals surface area contributed by atoms with Crippen molar-refractivity contribution in [1.29, 1.82) is 5.26 Å². The quantitative estimate of drug-likeness (QED) is 0.925. The molecule has 0 aliphatic heterocycles. The van der Waals surface area contributed by atoms with Gasteiger partial charge in [-0.3, -0.25) is 0 Å². The van der Waals surface area contributed by atoms with E-state index in [9.17, 15) is 8.42 Å². The van der Waals surface area contributed by atoms with Gasteiger partial charge >= 0.3 is 0 Å². The Kier molecular flexibility index (Phi) is 3.96. The van der Waals surface area contributed by atoms with Crippen molar-refractivity contribution in [3.05, 3.63) is 28.8 Å². The Balaban J connectivity index is 1.71. The van der Waals surface area contributed by atoms with Crippen molar-refractivity contribution in [1.82, 2.24) is 4.72 Å². The first kappa shape index (κ1) is 14.8. The molecule has 0 saturated heterocycles. The van der Waals surface area contributed by atoms with Gasteiger partial charge in [0.15, 0.2) is 0 Å². The van der Waals surface area contributed by atoms with Gasteiger partial charge in [-0.1, -0.05) is 18.0 Å². The Morgan fingerprint density at radius 1 is 1.33 bits per heavy atom. The van der Waals surface area contributed by atoms with Crippen LogP contribution in [-0.4, -0.2) is 15.0 Å². The zero-order valence-electron chi connectivity index (χ0n) is 11.5. The number of nitrogens with one attached hydrogen (secondary N) is 1. The lowest BCUT2D eigenvalue weighted by Crippen LogP contribution is -2.31. The van der Waals surface area contributed by atoms with E-state index in [-0.39, 0.29) is 9.92 Å². The maximum absolute atomic E-state index is 12.3. The number of nitrogens with zero attached hydrogens (tertiary/aromatic N) is 1. The topological polar surface area (TPSA) is 70.0 Å². The monoisotopic (exact) mass is 324 g/mol. The summed E-state index contributed by atoms with van der Waals surface area (Å²) in [5, 5.41) is 8.88. The first-order valence-corrected chi connectivity index (χ1v) is 9.05. The normalized spacial score (nSPS) is 27.7. The number of rotatable bonds is 4. The third-order valence-corrected chi connectivity index (χ3v) is 6.68. The summed E-state index contributed by atoms with van der Waals surface area (Å²) < 4.78 is 27.4. The van der Waals surface area contributed by atoms with E-state index in [0.717, 1.165) is 12.3 Å². The molecule has 3 unspecified atom stereocenters. The maximum atomic E-state index is 12.3. The van der Waals surface area contributed by atoms with Gasteiger partial charge in [0, 0.05) is 6.54 Å². The molecule has 112 valence electrons. The van der Waals surface area contributed by atoms with Gasteiger partial charge in [0.05, 0.1) is 16.7 Å². The minimum Gasteiger partial charge on any atom is -0.211 e. The summed E-state index contributed by atoms with van der Waals surface area (Å²) in [6.45, 7) is 0.486. The van der Waals surface area contributed by atoms with Crippen LogP contribution in [0.3, 0.4) is 0 Å². The molecule has 4 nitrogen and oxygen atoms in total. The average molecular weight is 325 g/mol. The fraction of sp³-hybridized carbons (Fsp3) is 0.533. The van der Waals surface area contributed by atoms with Crippen LogP contribution in [0, 0.1) is 29.1 Å². The molecule has 1 aromatic carbocycles. The van der Waals surface area contributed by atoms with Crippen molar-refractivity contribution in [2.45, 2.75) is 30.6 Å². The van der Waals surface area contributed by atoms with E-state index in [1.807, 2.05) is 6.07 Å². The lowest BCUT2D eigenvalue weighted by Gasteiger charge is -2.21. The Hall–Kier alpha value is -1.09. The predicted molar refractivity (Wildman–Crippen MR) is 80.3 cm³/mol. The van der Waals surface area contributed by atoms with Gasteiger partial charge in [-0.2, -0.15) is 5.26 Å². The van der Waals surface area contributed by atoms with Crippen LogP contribution < -0.4 is 4.72 Å². The fourth-order valence-corrected chi connectivity index (χ4v) is 5.35. The molecule has 0 heterocycles. The molecule has 2 aliphatic rings. The van der Waals surface area contributed by atoms with Gasteiger partial charge in [-0.15, -0.1) is 0 Å². The minimum atomic E-state index is -3.61. The minimum absolute atomic E-state index is 0.0475. The molecule has 1 N–H and O–H groups in total. The molecule has 2 saturated carbocycles. The van der Waals surface area contributed by atoms with E-state index in [2.05, 4.69) is 4.72 Å². The summed E-state index contributed by atoms with van der Waals surface area (Å²) in [4.78, 5) is 0.0475. The van der Waals surface area contributed by atoms with Crippen molar-refractivity contribution < 1.29 is 8.42 Å². The molecule has 0 radical (unpaired) electrons. The van der Waals surface area contributed by atoms with Crippen molar-refractivity contribution in [2.75, 3.05) is 6.54 Å². The van der Waals surface area contributed by atoms with E-state index in [1.165, 1.54) is 37.5 Å². The molecule has 6 heteroatoms. The number of halogens is 1. The van der Waals surface area contributed by atoms with Crippen LogP contribution in [0.5, 0.6) is 0 Å². The molecule has 3 rings (SSSR count). The number of hydrogen-bond acceptors (Lipinski definition) is 3. The van der Waals surface area contributed by atoms with Gasteiger partial charge in [0.2, 0.25) is 10.0 Å². The number of benzene rings is 1. The van der Waals surface area contributed by atoms with Gasteiger partial charge in [0.1, 0.15) is 4.90 Å². The molecular formula is C15H17ClN2O2S. The summed E-state index contributed by atoms with van der Waals surface area (Å²) in [6, 6.07) is 6.19. The van der Waals surface area contributed by atoms with E-state index < -0.39 is 10.0 Å². The number of nitriles is 1. The van der Waals surface area contributed by atoms with Crippen molar-refractivity contribution >= 4 is 21.6 Å². The second kappa shape index (κ2) is 5.60. The van der Waals surface area contributed by atoms with E-state index in [1.54, 1.807) is 0 Å². The zero-order valence-corrected chi connectivity index (χ0v) is 13.1. The summed E-state index contributed by atoms with van der Waals surface area (Å²) >= 11 is 5.98. The van der Waals surface area contributed by atoms with Crippen LogP contribution in [0.25, 0.3) is 0 Å². The summed E-state index contributed by atoms with van der Waals surface area (Å²) in [5.74, 6) is 1.92. The molecule has 0 aromatic heterocycles. The van der Waals surface area contributed by atoms with Crippen LogP contribution in [-0.2, 0) is 10.0 Å². The molecule has 2 bridgehead atoms. The first-order valence-electron chi connectivity index (χ1n) is 7.19. The Morgan fingerprint density at radius 2 is 2.14 bits per heavy atom. The lowest BCUT2D eigenvalue weighted by molar-refractivity contribution is 0.333. The van der Waals surface area contributed by atoms with E-state index in [4.69, 9.17) is 16.9 Å². The van der Waals surface area contributed by atoms with Crippen molar-refractivity contribution in [2.24, 2.45) is 17.8 Å². The Morgan fingerprint density at radius 3 is 2.71 bits per heavy atom. The van der Waals surface area contributed by atoms with Crippen LogP contribution in [0.15, 0.2) is 23.1 Å². The molecule has 2 aliphatic carbocycles. The summed E-state index contributed by atoms with van der Waals surface area (Å²) in [5.41, 5.74) is 0.354. The van der Waals surface area contributed by atoms with Crippen LogP contribution in [0.2, 0.25) is 5.02 Å². The standard InChI is InChI=1S/C15H17ClN2O2S/c16-14-7-11(8-17)2-4-15(14)21(19,20)18-9-13-6-10-1-3-12(13)5-10/h2,4,7,10,12-13,18H,1,3,5-6,9H2. The lowest BCUT2D eigenvalue weighted by atomic mass is 9.89. The average Bonchev–Trinajstić information content (AvgIpc) is 3.07. The first-order chi connectivity index (χ1) is 9.99. The number of fused-ring (bicyclic) bond motifs is 2. The maximum Gasteiger partial charge on any atom is 0.242 e. The Labute approximate surface area is 130 Å². The molecule has 1 aromatic rings. The van der Waals surface area contributed by atoms with Gasteiger partial charge in [-0.25, -0.2) is 13.1 Å². The summed E-state index contributed by atoms with van der Waals surface area (Å²) in [7, 11) is -3.61. The van der Waals surface area contributed by atoms with Gasteiger partial charge in [-0.05, 0) is 55.2 Å². The highest BCUT2D eigenvalue weighted by atomic mass is 35.5. The largest absolute Gasteiger partial charge is 0.242 e. The molecule has 2 fully saturated rings. The number of sulfonamides is 1.